The van der Waals surface area contributed by atoms with Crippen LogP contribution in [0.3, 0.4) is 0 Å². The fraction of sp³-hybridized carbons (Fsp3) is 0.917. The summed E-state index contributed by atoms with van der Waals surface area (Å²) in [5.41, 5.74) is 5.59. The minimum Gasteiger partial charge on any atom is -0.462 e. The van der Waals surface area contributed by atoms with Crippen molar-refractivity contribution in [3.63, 3.8) is 0 Å². The van der Waals surface area contributed by atoms with Crippen molar-refractivity contribution in [2.75, 3.05) is 0 Å². The molecule has 0 amide bonds. The topological polar surface area (TPSA) is 52.3 Å². The minimum atomic E-state index is -0.0774. The molecule has 3 unspecified atom stereocenters. The molecule has 1 fully saturated rings. The predicted octanol–water partition coefficient (Wildman–Crippen LogP) is 2.24. The largest absolute Gasteiger partial charge is 0.462 e. The van der Waals surface area contributed by atoms with Crippen LogP contribution in [0.4, 0.5) is 0 Å². The lowest BCUT2D eigenvalue weighted by atomic mass is 9.89. The van der Waals surface area contributed by atoms with E-state index in [1.54, 1.807) is 0 Å². The second-order valence-corrected chi connectivity index (χ2v) is 4.90. The molecule has 0 aromatic carbocycles. The van der Waals surface area contributed by atoms with E-state index in [-0.39, 0.29) is 18.1 Å². The first-order valence-corrected chi connectivity index (χ1v) is 6.03. The molecule has 3 heteroatoms. The lowest BCUT2D eigenvalue weighted by Crippen LogP contribution is -2.25. The Labute approximate surface area is 92.4 Å². The van der Waals surface area contributed by atoms with Gasteiger partial charge in [-0.25, -0.2) is 0 Å². The number of nitrogens with two attached hydrogens (primary N) is 1. The van der Waals surface area contributed by atoms with Gasteiger partial charge in [-0.3, -0.25) is 4.79 Å². The fourth-order valence-corrected chi connectivity index (χ4v) is 2.08. The van der Waals surface area contributed by atoms with Crippen molar-refractivity contribution >= 4 is 5.97 Å². The Morgan fingerprint density at radius 3 is 2.87 bits per heavy atom. The van der Waals surface area contributed by atoms with Crippen LogP contribution in [0.1, 0.15) is 52.4 Å². The molecule has 0 radical (unpaired) electrons. The van der Waals surface area contributed by atoms with Gasteiger partial charge in [0.25, 0.3) is 0 Å². The molecule has 1 aliphatic rings. The van der Waals surface area contributed by atoms with Crippen LogP contribution in [0.2, 0.25) is 0 Å². The zero-order valence-electron chi connectivity index (χ0n) is 9.87. The van der Waals surface area contributed by atoms with Gasteiger partial charge in [0, 0.05) is 12.5 Å². The van der Waals surface area contributed by atoms with Gasteiger partial charge >= 0.3 is 5.97 Å². The molecule has 1 rings (SSSR count). The first kappa shape index (κ1) is 12.5. The first-order chi connectivity index (χ1) is 7.08. The minimum absolute atomic E-state index is 0.0774. The highest BCUT2D eigenvalue weighted by Gasteiger charge is 2.21. The summed E-state index contributed by atoms with van der Waals surface area (Å²) in [7, 11) is 0. The summed E-state index contributed by atoms with van der Waals surface area (Å²) in [6.07, 6.45) is 5.87. The SMILES string of the molecule is CC(N)CCC(=O)OC1CCCC(C)C1. The Morgan fingerprint density at radius 2 is 2.27 bits per heavy atom. The molecule has 0 saturated heterocycles. The Morgan fingerprint density at radius 1 is 1.53 bits per heavy atom. The summed E-state index contributed by atoms with van der Waals surface area (Å²) >= 11 is 0. The highest BCUT2D eigenvalue weighted by atomic mass is 16.5. The number of hydrogen-bond donors (Lipinski definition) is 1. The molecule has 0 aromatic heterocycles. The molecule has 0 spiro atoms. The third kappa shape index (κ3) is 5.17. The van der Waals surface area contributed by atoms with Gasteiger partial charge in [0.2, 0.25) is 0 Å². The van der Waals surface area contributed by atoms with Gasteiger partial charge in [0.15, 0.2) is 0 Å². The van der Waals surface area contributed by atoms with Crippen molar-refractivity contribution in [2.24, 2.45) is 11.7 Å². The Kier molecular flexibility index (Phi) is 5.09. The van der Waals surface area contributed by atoms with E-state index < -0.39 is 0 Å². The maximum absolute atomic E-state index is 11.4. The van der Waals surface area contributed by atoms with Crippen molar-refractivity contribution in [3.8, 4) is 0 Å². The maximum Gasteiger partial charge on any atom is 0.306 e. The molecule has 88 valence electrons. The highest BCUT2D eigenvalue weighted by molar-refractivity contribution is 5.69. The molecule has 0 heterocycles. The average molecular weight is 213 g/mol. The van der Waals surface area contributed by atoms with Crippen molar-refractivity contribution in [1.82, 2.24) is 0 Å². The van der Waals surface area contributed by atoms with Crippen LogP contribution < -0.4 is 5.73 Å². The molecule has 1 saturated carbocycles. The Balaban J connectivity index is 2.19. The summed E-state index contributed by atoms with van der Waals surface area (Å²) in [5, 5.41) is 0. The van der Waals surface area contributed by atoms with Gasteiger partial charge in [0.05, 0.1) is 0 Å². The van der Waals surface area contributed by atoms with Crippen LogP contribution in [-0.4, -0.2) is 18.1 Å². The van der Waals surface area contributed by atoms with Crippen molar-refractivity contribution < 1.29 is 9.53 Å². The number of hydrogen-bond acceptors (Lipinski definition) is 3. The second-order valence-electron chi connectivity index (χ2n) is 4.90. The Hall–Kier alpha value is -0.570. The third-order valence-corrected chi connectivity index (χ3v) is 2.99. The predicted molar refractivity (Wildman–Crippen MR) is 60.4 cm³/mol. The van der Waals surface area contributed by atoms with E-state index in [1.807, 2.05) is 6.92 Å². The standard InChI is InChI=1S/C12H23NO2/c1-9-4-3-5-11(8-9)15-12(14)7-6-10(2)13/h9-11H,3-8,13H2,1-2H3. The third-order valence-electron chi connectivity index (χ3n) is 2.99. The van der Waals surface area contributed by atoms with Gasteiger partial charge in [-0.1, -0.05) is 13.3 Å². The van der Waals surface area contributed by atoms with E-state index in [2.05, 4.69) is 6.92 Å². The van der Waals surface area contributed by atoms with Crippen LogP contribution >= 0.6 is 0 Å². The highest BCUT2D eigenvalue weighted by Crippen LogP contribution is 2.25. The monoisotopic (exact) mass is 213 g/mol. The van der Waals surface area contributed by atoms with Crippen LogP contribution in [0.15, 0.2) is 0 Å². The van der Waals surface area contributed by atoms with Crippen LogP contribution in [0.5, 0.6) is 0 Å². The Bertz CT molecular complexity index is 204. The summed E-state index contributed by atoms with van der Waals surface area (Å²) in [4.78, 5) is 11.4. The molecule has 0 aromatic rings. The summed E-state index contributed by atoms with van der Waals surface area (Å²) < 4.78 is 5.42. The smallest absolute Gasteiger partial charge is 0.306 e. The van der Waals surface area contributed by atoms with Crippen molar-refractivity contribution in [2.45, 2.75) is 64.5 Å². The van der Waals surface area contributed by atoms with Gasteiger partial charge in [-0.05, 0) is 38.5 Å². The summed E-state index contributed by atoms with van der Waals surface area (Å²) in [6, 6.07) is 0.0860. The molecule has 3 atom stereocenters. The summed E-state index contributed by atoms with van der Waals surface area (Å²) in [6.45, 7) is 4.14. The van der Waals surface area contributed by atoms with E-state index >= 15 is 0 Å². The second kappa shape index (κ2) is 6.11. The lowest BCUT2D eigenvalue weighted by Gasteiger charge is -2.26. The molecular formula is C12H23NO2. The zero-order chi connectivity index (χ0) is 11.3. The molecule has 0 bridgehead atoms. The molecule has 0 aliphatic heterocycles. The molecular weight excluding hydrogens is 190 g/mol. The van der Waals surface area contributed by atoms with Gasteiger partial charge in [0.1, 0.15) is 6.10 Å². The van der Waals surface area contributed by atoms with Gasteiger partial charge in [-0.2, -0.15) is 0 Å². The summed E-state index contributed by atoms with van der Waals surface area (Å²) in [5.74, 6) is 0.622. The van der Waals surface area contributed by atoms with E-state index in [1.165, 1.54) is 12.8 Å². The quantitative estimate of drug-likeness (QED) is 0.729. The van der Waals surface area contributed by atoms with Gasteiger partial charge < -0.3 is 10.5 Å². The number of esters is 1. The zero-order valence-corrected chi connectivity index (χ0v) is 9.87. The molecule has 3 nitrogen and oxygen atoms in total. The lowest BCUT2D eigenvalue weighted by molar-refractivity contribution is -0.151. The van der Waals surface area contributed by atoms with E-state index in [0.29, 0.717) is 12.3 Å². The number of ether oxygens (including phenoxy) is 1. The van der Waals surface area contributed by atoms with Crippen LogP contribution in [0, 0.1) is 5.92 Å². The van der Waals surface area contributed by atoms with E-state index in [9.17, 15) is 4.79 Å². The van der Waals surface area contributed by atoms with Crippen LogP contribution in [0.25, 0.3) is 0 Å². The average Bonchev–Trinajstić information content (AvgIpc) is 2.15. The van der Waals surface area contributed by atoms with Crippen molar-refractivity contribution in [1.29, 1.82) is 0 Å². The van der Waals surface area contributed by atoms with E-state index in [4.69, 9.17) is 10.5 Å². The molecule has 2 N–H and O–H groups in total. The normalized spacial score (nSPS) is 28.5. The molecule has 15 heavy (non-hydrogen) atoms. The molecule has 1 aliphatic carbocycles. The van der Waals surface area contributed by atoms with Crippen molar-refractivity contribution in [3.05, 3.63) is 0 Å². The first-order valence-electron chi connectivity index (χ1n) is 6.03. The van der Waals surface area contributed by atoms with Gasteiger partial charge in [-0.15, -0.1) is 0 Å². The fourth-order valence-electron chi connectivity index (χ4n) is 2.08. The number of carbonyl (C=O) groups is 1. The maximum atomic E-state index is 11.4. The number of rotatable bonds is 4. The van der Waals surface area contributed by atoms with Crippen LogP contribution in [-0.2, 0) is 9.53 Å². The number of carbonyl (C=O) groups excluding carboxylic acids is 1. The van der Waals surface area contributed by atoms with E-state index in [0.717, 1.165) is 19.3 Å².